The Kier molecular flexibility index (Phi) is 4.28. The molecule has 1 rings (SSSR count). The second-order valence-electron chi connectivity index (χ2n) is 4.34. The van der Waals surface area contributed by atoms with Crippen LogP contribution < -0.4 is 11.2 Å². The minimum atomic E-state index is -5.89. The summed E-state index contributed by atoms with van der Waals surface area (Å²) in [5, 5.41) is 8.11. The first-order chi connectivity index (χ1) is 9.35. The molecule has 0 unspecified atom stereocenters. The minimum Gasteiger partial charge on any atom is -0.390 e. The number of halogens is 6. The van der Waals surface area contributed by atoms with Gasteiger partial charge in [0.2, 0.25) is 0 Å². The molecule has 0 aliphatic heterocycles. The zero-order chi connectivity index (χ0) is 16.6. The molecule has 11 heteroatoms. The average Bonchev–Trinajstić information content (AvgIpc) is 2.35. The number of aryl methyl sites for hydroxylation is 1. The maximum Gasteiger partial charge on any atom is 0.376 e. The van der Waals surface area contributed by atoms with E-state index in [0.717, 1.165) is 6.92 Å². The summed E-state index contributed by atoms with van der Waals surface area (Å²) in [4.78, 5) is 23.8. The third-order valence-electron chi connectivity index (χ3n) is 2.68. The molecule has 0 aliphatic rings. The number of hydrogen-bond donors (Lipinski definition) is 2. The van der Waals surface area contributed by atoms with E-state index in [9.17, 15) is 35.9 Å². The van der Waals surface area contributed by atoms with Gasteiger partial charge in [-0.05, 0) is 6.92 Å². The summed E-state index contributed by atoms with van der Waals surface area (Å²) in [5.41, 5.74) is -2.62. The van der Waals surface area contributed by atoms with E-state index in [4.69, 9.17) is 5.11 Å². The SMILES string of the molecule is Cc1cn(CC(F)(F)C(F)(F)C(F)(F)CO)c(=O)[nH]c1=O. The van der Waals surface area contributed by atoms with Crippen molar-refractivity contribution in [2.24, 2.45) is 0 Å². The molecule has 0 radical (unpaired) electrons. The molecular weight excluding hydrogens is 310 g/mol. The van der Waals surface area contributed by atoms with Gasteiger partial charge in [-0.1, -0.05) is 0 Å². The lowest BCUT2D eigenvalue weighted by molar-refractivity contribution is -0.320. The monoisotopic (exact) mass is 320 g/mol. The molecule has 0 spiro atoms. The predicted octanol–water partition coefficient (Wildman–Crippen LogP) is 0.743. The molecule has 1 aromatic rings. The highest BCUT2D eigenvalue weighted by atomic mass is 19.3. The zero-order valence-corrected chi connectivity index (χ0v) is 10.5. The first kappa shape index (κ1) is 17.3. The van der Waals surface area contributed by atoms with Gasteiger partial charge < -0.3 is 5.11 Å². The lowest BCUT2D eigenvalue weighted by atomic mass is 10.1. The number of rotatable bonds is 5. The molecule has 0 aromatic carbocycles. The first-order valence-corrected chi connectivity index (χ1v) is 5.40. The van der Waals surface area contributed by atoms with Crippen LogP contribution in [0.15, 0.2) is 15.8 Å². The van der Waals surface area contributed by atoms with Crippen LogP contribution in [0.1, 0.15) is 5.56 Å². The highest BCUT2D eigenvalue weighted by Gasteiger charge is 2.71. The molecule has 1 heterocycles. The Hall–Kier alpha value is -1.78. The molecule has 1 aromatic heterocycles. The molecule has 0 amide bonds. The summed E-state index contributed by atoms with van der Waals surface area (Å²) in [7, 11) is 0. The van der Waals surface area contributed by atoms with Gasteiger partial charge in [0.1, 0.15) is 6.61 Å². The van der Waals surface area contributed by atoms with Gasteiger partial charge in [0.15, 0.2) is 0 Å². The number of nitrogens with zero attached hydrogens (tertiary/aromatic N) is 1. The second-order valence-corrected chi connectivity index (χ2v) is 4.34. The topological polar surface area (TPSA) is 75.1 Å². The van der Waals surface area contributed by atoms with Crippen molar-refractivity contribution in [1.82, 2.24) is 9.55 Å². The van der Waals surface area contributed by atoms with Gasteiger partial charge in [-0.15, -0.1) is 0 Å². The number of H-pyrrole nitrogens is 1. The van der Waals surface area contributed by atoms with Crippen molar-refractivity contribution in [3.8, 4) is 0 Å². The van der Waals surface area contributed by atoms with Crippen LogP contribution in [0.25, 0.3) is 0 Å². The van der Waals surface area contributed by atoms with Crippen molar-refractivity contribution in [2.45, 2.75) is 31.2 Å². The van der Waals surface area contributed by atoms with E-state index in [0.29, 0.717) is 6.20 Å². The summed E-state index contributed by atoms with van der Waals surface area (Å²) in [6.45, 7) is -3.48. The van der Waals surface area contributed by atoms with Gasteiger partial charge in [0, 0.05) is 11.8 Å². The van der Waals surface area contributed by atoms with E-state index in [1.165, 1.54) is 0 Å². The largest absolute Gasteiger partial charge is 0.390 e. The second kappa shape index (κ2) is 5.20. The fraction of sp³-hybridized carbons (Fsp3) is 0.600. The van der Waals surface area contributed by atoms with Gasteiger partial charge in [-0.2, -0.15) is 26.3 Å². The maximum absolute atomic E-state index is 13.4. The number of alkyl halides is 6. The Morgan fingerprint density at radius 3 is 2.14 bits per heavy atom. The zero-order valence-electron chi connectivity index (χ0n) is 10.5. The van der Waals surface area contributed by atoms with Crippen LogP contribution in [0, 0.1) is 6.92 Å². The number of nitrogens with one attached hydrogen (secondary N) is 1. The average molecular weight is 320 g/mol. The van der Waals surface area contributed by atoms with Crippen LogP contribution in [-0.2, 0) is 6.54 Å². The Morgan fingerprint density at radius 1 is 1.14 bits per heavy atom. The van der Waals surface area contributed by atoms with Crippen molar-refractivity contribution in [3.05, 3.63) is 32.6 Å². The van der Waals surface area contributed by atoms with Crippen LogP contribution in [0.4, 0.5) is 26.3 Å². The van der Waals surface area contributed by atoms with Crippen LogP contribution in [-0.4, -0.2) is 39.0 Å². The number of hydrogen-bond acceptors (Lipinski definition) is 3. The van der Waals surface area contributed by atoms with E-state index < -0.39 is 42.2 Å². The van der Waals surface area contributed by atoms with Crippen LogP contribution >= 0.6 is 0 Å². The summed E-state index contributed by atoms with van der Waals surface area (Å²) < 4.78 is 78.5. The molecule has 120 valence electrons. The molecule has 21 heavy (non-hydrogen) atoms. The van der Waals surface area contributed by atoms with Gasteiger partial charge in [0.25, 0.3) is 5.56 Å². The summed E-state index contributed by atoms with van der Waals surface area (Å²) in [6.07, 6.45) is 0.544. The Morgan fingerprint density at radius 2 is 1.67 bits per heavy atom. The molecule has 0 saturated carbocycles. The van der Waals surface area contributed by atoms with E-state index in [2.05, 4.69) is 0 Å². The van der Waals surface area contributed by atoms with Gasteiger partial charge in [-0.3, -0.25) is 14.3 Å². The normalized spacial score (nSPS) is 13.5. The van der Waals surface area contributed by atoms with E-state index in [1.54, 1.807) is 4.98 Å². The van der Waals surface area contributed by atoms with E-state index in [1.807, 2.05) is 0 Å². The fourth-order valence-electron chi connectivity index (χ4n) is 1.42. The van der Waals surface area contributed by atoms with Gasteiger partial charge in [-0.25, -0.2) is 4.79 Å². The summed E-state index contributed by atoms with van der Waals surface area (Å²) in [5.74, 6) is -16.6. The summed E-state index contributed by atoms with van der Waals surface area (Å²) in [6, 6.07) is 0. The summed E-state index contributed by atoms with van der Waals surface area (Å²) >= 11 is 0. The molecular formula is C10H10F6N2O3. The highest BCUT2D eigenvalue weighted by molar-refractivity contribution is 5.03. The molecule has 0 aliphatic carbocycles. The number of aromatic nitrogens is 2. The number of aliphatic hydroxyl groups excluding tert-OH is 1. The van der Waals surface area contributed by atoms with Crippen LogP contribution in [0.3, 0.4) is 0 Å². The van der Waals surface area contributed by atoms with E-state index in [-0.39, 0.29) is 10.1 Å². The van der Waals surface area contributed by atoms with Crippen LogP contribution in [0.2, 0.25) is 0 Å². The predicted molar refractivity (Wildman–Crippen MR) is 58.0 cm³/mol. The van der Waals surface area contributed by atoms with Gasteiger partial charge >= 0.3 is 23.5 Å². The smallest absolute Gasteiger partial charge is 0.376 e. The number of aliphatic hydroxyl groups is 1. The van der Waals surface area contributed by atoms with Gasteiger partial charge in [0.05, 0.1) is 6.54 Å². The number of aromatic amines is 1. The molecule has 2 N–H and O–H groups in total. The van der Waals surface area contributed by atoms with E-state index >= 15 is 0 Å². The molecule has 0 fully saturated rings. The standard InChI is InChI=1S/C10H10F6N2O3/c1-5-2-18(7(21)17-6(5)20)3-8(11,12)10(15,16)9(13,14)4-19/h2,19H,3-4H2,1H3,(H,17,20,21). The molecule has 0 atom stereocenters. The van der Waals surface area contributed by atoms with Crippen molar-refractivity contribution in [3.63, 3.8) is 0 Å². The Balaban J connectivity index is 3.25. The lowest BCUT2D eigenvalue weighted by Crippen LogP contribution is -2.58. The highest BCUT2D eigenvalue weighted by Crippen LogP contribution is 2.46. The minimum absolute atomic E-state index is 0.0158. The van der Waals surface area contributed by atoms with Crippen LogP contribution in [0.5, 0.6) is 0 Å². The molecule has 5 nitrogen and oxygen atoms in total. The first-order valence-electron chi connectivity index (χ1n) is 5.40. The fourth-order valence-corrected chi connectivity index (χ4v) is 1.42. The lowest BCUT2D eigenvalue weighted by Gasteiger charge is -2.31. The quantitative estimate of drug-likeness (QED) is 0.786. The van der Waals surface area contributed by atoms with Crippen molar-refractivity contribution < 1.29 is 31.4 Å². The van der Waals surface area contributed by atoms with Crippen molar-refractivity contribution >= 4 is 0 Å². The third-order valence-corrected chi connectivity index (χ3v) is 2.68. The Labute approximate surface area is 112 Å². The molecule has 0 bridgehead atoms. The van der Waals surface area contributed by atoms with Crippen molar-refractivity contribution in [2.75, 3.05) is 6.61 Å². The molecule has 0 saturated heterocycles. The maximum atomic E-state index is 13.4. The Bertz CT molecular complexity index is 636. The third kappa shape index (κ3) is 2.96. The van der Waals surface area contributed by atoms with Crippen molar-refractivity contribution in [1.29, 1.82) is 0 Å².